The van der Waals surface area contributed by atoms with E-state index in [0.717, 1.165) is 5.01 Å². The lowest BCUT2D eigenvalue weighted by Gasteiger charge is -2.44. The molecule has 136 valence electrons. The second-order valence-corrected chi connectivity index (χ2v) is 6.28. The summed E-state index contributed by atoms with van der Waals surface area (Å²) in [5.74, 6) is -1.18. The third-order valence-corrected chi connectivity index (χ3v) is 4.40. The summed E-state index contributed by atoms with van der Waals surface area (Å²) in [5, 5.41) is 12.8. The van der Waals surface area contributed by atoms with E-state index < -0.39 is 23.2 Å². The van der Waals surface area contributed by atoms with E-state index in [9.17, 15) is 19.5 Å². The van der Waals surface area contributed by atoms with Gasteiger partial charge in [-0.15, -0.1) is 11.6 Å². The van der Waals surface area contributed by atoms with Gasteiger partial charge in [0.15, 0.2) is 0 Å². The molecule has 3 amide bonds. The average molecular weight is 376 g/mol. The van der Waals surface area contributed by atoms with Crippen LogP contribution in [0.1, 0.15) is 30.3 Å². The summed E-state index contributed by atoms with van der Waals surface area (Å²) in [6.07, 6.45) is 0. The van der Waals surface area contributed by atoms with Crippen molar-refractivity contribution < 1.29 is 20.9 Å². The van der Waals surface area contributed by atoms with E-state index in [1.165, 1.54) is 25.1 Å². The zero-order valence-electron chi connectivity index (χ0n) is 13.8. The van der Waals surface area contributed by atoms with E-state index >= 15 is 0 Å². The van der Waals surface area contributed by atoms with E-state index in [2.05, 4.69) is 10.7 Å². The number of β-lactam (4-membered cyclic amide) rings is 1. The summed E-state index contributed by atoms with van der Waals surface area (Å²) in [5.41, 5.74) is 3.83. The van der Waals surface area contributed by atoms with Gasteiger partial charge in [-0.1, -0.05) is 18.2 Å². The van der Waals surface area contributed by atoms with Gasteiger partial charge in [0.05, 0.1) is 0 Å². The molecule has 2 aromatic carbocycles. The van der Waals surface area contributed by atoms with E-state index in [1.54, 1.807) is 30.3 Å². The van der Waals surface area contributed by atoms with Crippen LogP contribution in [0, 0.1) is 0 Å². The number of rotatable bonds is 4. The Morgan fingerprint density at radius 1 is 1.15 bits per heavy atom. The lowest BCUT2D eigenvalue weighted by atomic mass is 9.94. The molecule has 0 radical (unpaired) electrons. The van der Waals surface area contributed by atoms with Crippen LogP contribution in [-0.2, 0) is 9.59 Å². The summed E-state index contributed by atoms with van der Waals surface area (Å²) < 4.78 is 0. The molecule has 1 fully saturated rings. The third-order valence-electron chi connectivity index (χ3n) is 3.97. The van der Waals surface area contributed by atoms with E-state index in [4.69, 9.17) is 11.6 Å². The molecule has 0 bridgehead atoms. The first-order valence-electron chi connectivity index (χ1n) is 7.82. The monoisotopic (exact) mass is 375 g/mol. The average Bonchev–Trinajstić information content (AvgIpc) is 2.62. The van der Waals surface area contributed by atoms with Crippen LogP contribution in [-0.4, -0.2) is 33.2 Å². The highest BCUT2D eigenvalue weighted by atomic mass is 35.5. The van der Waals surface area contributed by atoms with Crippen LogP contribution in [0.15, 0.2) is 48.5 Å². The Kier molecular flexibility index (Phi) is 4.81. The molecule has 1 heterocycles. The van der Waals surface area contributed by atoms with Gasteiger partial charge >= 0.3 is 0 Å². The van der Waals surface area contributed by atoms with E-state index in [-0.39, 0.29) is 13.1 Å². The number of phenols is 1. The molecule has 0 aliphatic carbocycles. The zero-order chi connectivity index (χ0) is 18.8. The first-order chi connectivity index (χ1) is 12.4. The lowest BCUT2D eigenvalue weighted by molar-refractivity contribution is -0.149. The number of nitrogens with one attached hydrogen (secondary N) is 2. The summed E-state index contributed by atoms with van der Waals surface area (Å²) >= 11 is 6.07. The standard InChI is InChI=1S/C18H16ClN3O4.H2/c1-10(23)20-12-8-6-11(7-9-12)17(25)21-22-16(15(19)18(22)26)13-4-2-3-5-14(13)24;/h2-9,15-16,24H,1H3,(H,20,23)(H,21,25);1H. The molecule has 0 spiro atoms. The Bertz CT molecular complexity index is 875. The Morgan fingerprint density at radius 2 is 1.81 bits per heavy atom. The largest absolute Gasteiger partial charge is 0.508 e. The molecule has 2 aromatic rings. The SMILES string of the molecule is CC(=O)Nc1ccc(C(=O)NN2C(=O)C(Cl)C2c2ccccc2O)cc1.[HH]. The fraction of sp³-hybridized carbons (Fsp3) is 0.167. The first-order valence-corrected chi connectivity index (χ1v) is 8.26. The van der Waals surface area contributed by atoms with Crippen LogP contribution in [0.5, 0.6) is 5.75 Å². The minimum Gasteiger partial charge on any atom is -0.508 e. The number of hydrogen-bond acceptors (Lipinski definition) is 4. The number of anilines is 1. The van der Waals surface area contributed by atoms with Crippen molar-refractivity contribution in [3.63, 3.8) is 0 Å². The molecule has 8 heteroatoms. The van der Waals surface area contributed by atoms with E-state index in [1.807, 2.05) is 0 Å². The number of halogens is 1. The highest BCUT2D eigenvalue weighted by Gasteiger charge is 2.49. The number of benzene rings is 2. The highest BCUT2D eigenvalue weighted by Crippen LogP contribution is 2.40. The molecule has 7 nitrogen and oxygen atoms in total. The molecule has 3 rings (SSSR count). The number of hydrogen-bond donors (Lipinski definition) is 3. The van der Waals surface area contributed by atoms with Gasteiger partial charge in [-0.25, -0.2) is 5.01 Å². The molecule has 3 N–H and O–H groups in total. The third kappa shape index (κ3) is 3.34. The molecular weight excluding hydrogens is 358 g/mol. The summed E-state index contributed by atoms with van der Waals surface area (Å²) in [7, 11) is 0. The van der Waals surface area contributed by atoms with Crippen molar-refractivity contribution in [2.45, 2.75) is 18.3 Å². The summed E-state index contributed by atoms with van der Waals surface area (Å²) in [6.45, 7) is 1.39. The molecule has 26 heavy (non-hydrogen) atoms. The van der Waals surface area contributed by atoms with Gasteiger partial charge in [0.25, 0.3) is 11.8 Å². The van der Waals surface area contributed by atoms with Crippen molar-refractivity contribution >= 4 is 35.0 Å². The number of nitrogens with zero attached hydrogens (tertiary/aromatic N) is 1. The van der Waals surface area contributed by atoms with Crippen LogP contribution < -0.4 is 10.7 Å². The van der Waals surface area contributed by atoms with Crippen molar-refractivity contribution in [1.29, 1.82) is 0 Å². The second kappa shape index (κ2) is 7.05. The fourth-order valence-electron chi connectivity index (χ4n) is 2.69. The Balaban J connectivity index is 0.00000261. The van der Waals surface area contributed by atoms with Gasteiger partial charge in [-0.3, -0.25) is 19.8 Å². The summed E-state index contributed by atoms with van der Waals surface area (Å²) in [6, 6.07) is 12.1. The van der Waals surface area contributed by atoms with Crippen LogP contribution in [0.25, 0.3) is 0 Å². The minimum absolute atomic E-state index is 0. The van der Waals surface area contributed by atoms with Gasteiger partial charge in [0.1, 0.15) is 17.2 Å². The van der Waals surface area contributed by atoms with Crippen LogP contribution >= 0.6 is 11.6 Å². The maximum absolute atomic E-state index is 12.4. The first kappa shape index (κ1) is 17.8. The minimum atomic E-state index is -0.870. The van der Waals surface area contributed by atoms with Crippen LogP contribution in [0.2, 0.25) is 0 Å². The van der Waals surface area contributed by atoms with Gasteiger partial charge in [0, 0.05) is 25.2 Å². The molecule has 1 saturated heterocycles. The number of hydrazine groups is 1. The van der Waals surface area contributed by atoms with Crippen LogP contribution in [0.4, 0.5) is 5.69 Å². The normalized spacial score (nSPS) is 18.8. The molecule has 2 unspecified atom stereocenters. The van der Waals surface area contributed by atoms with Gasteiger partial charge < -0.3 is 10.4 Å². The molecule has 1 aliphatic rings. The number of amides is 3. The van der Waals surface area contributed by atoms with Gasteiger partial charge in [-0.05, 0) is 30.3 Å². The van der Waals surface area contributed by atoms with Gasteiger partial charge in [-0.2, -0.15) is 0 Å². The highest BCUT2D eigenvalue weighted by molar-refractivity contribution is 6.33. The second-order valence-electron chi connectivity index (χ2n) is 5.81. The smallest absolute Gasteiger partial charge is 0.269 e. The topological polar surface area (TPSA) is 98.7 Å². The van der Waals surface area contributed by atoms with E-state index in [0.29, 0.717) is 16.8 Å². The molecular formula is C18H18ClN3O4. The predicted octanol–water partition coefficient (Wildman–Crippen LogP) is 2.43. The van der Waals surface area contributed by atoms with Crippen LogP contribution in [0.3, 0.4) is 0 Å². The fourth-order valence-corrected chi connectivity index (χ4v) is 3.05. The van der Waals surface area contributed by atoms with Crippen molar-refractivity contribution in [2.24, 2.45) is 0 Å². The molecule has 0 aromatic heterocycles. The zero-order valence-corrected chi connectivity index (χ0v) is 14.5. The summed E-state index contributed by atoms with van der Waals surface area (Å²) in [4.78, 5) is 35.5. The van der Waals surface area contributed by atoms with Gasteiger partial charge in [0.2, 0.25) is 5.91 Å². The predicted molar refractivity (Wildman–Crippen MR) is 97.7 cm³/mol. The lowest BCUT2D eigenvalue weighted by Crippen LogP contribution is -2.63. The van der Waals surface area contributed by atoms with Crippen molar-refractivity contribution in [2.75, 3.05) is 5.32 Å². The quantitative estimate of drug-likeness (QED) is 0.564. The number of alkyl halides is 1. The van der Waals surface area contributed by atoms with Crippen molar-refractivity contribution in [3.05, 3.63) is 59.7 Å². The van der Waals surface area contributed by atoms with Crippen molar-refractivity contribution in [3.8, 4) is 5.75 Å². The molecule has 1 aliphatic heterocycles. The Morgan fingerprint density at radius 3 is 2.42 bits per heavy atom. The Labute approximate surface area is 156 Å². The number of aromatic hydroxyl groups is 1. The maximum atomic E-state index is 12.4. The number of para-hydroxylation sites is 1. The molecule has 0 saturated carbocycles. The molecule has 2 atom stereocenters. The number of carbonyl (C=O) groups is 3. The van der Waals surface area contributed by atoms with Crippen molar-refractivity contribution in [1.82, 2.24) is 10.4 Å². The Hall–Kier alpha value is -3.06. The number of phenolic OH excluding ortho intramolecular Hbond substituents is 1. The number of carbonyl (C=O) groups excluding carboxylic acids is 3. The maximum Gasteiger partial charge on any atom is 0.269 e.